The lowest BCUT2D eigenvalue weighted by atomic mass is 9.96. The zero-order valence-electron chi connectivity index (χ0n) is 14.6. The van der Waals surface area contributed by atoms with Gasteiger partial charge in [0.1, 0.15) is 11.3 Å². The van der Waals surface area contributed by atoms with Gasteiger partial charge in [-0.3, -0.25) is 4.79 Å². The third-order valence-electron chi connectivity index (χ3n) is 4.27. The van der Waals surface area contributed by atoms with E-state index in [-0.39, 0.29) is 18.4 Å². The van der Waals surface area contributed by atoms with Crippen molar-refractivity contribution in [2.45, 2.75) is 19.3 Å². The molecule has 2 aromatic carbocycles. The molecule has 1 amide bonds. The monoisotopic (exact) mass is 351 g/mol. The zero-order valence-corrected chi connectivity index (χ0v) is 14.6. The van der Waals surface area contributed by atoms with Crippen molar-refractivity contribution >= 4 is 16.9 Å². The summed E-state index contributed by atoms with van der Waals surface area (Å²) < 4.78 is 10.6. The fourth-order valence-electron chi connectivity index (χ4n) is 2.79. The van der Waals surface area contributed by atoms with Gasteiger partial charge in [0, 0.05) is 30.0 Å². The van der Waals surface area contributed by atoms with E-state index in [9.17, 15) is 9.59 Å². The largest absolute Gasteiger partial charge is 0.484 e. The summed E-state index contributed by atoms with van der Waals surface area (Å²) in [5.41, 5.74) is 1.23. The molecule has 0 aliphatic carbocycles. The van der Waals surface area contributed by atoms with Crippen LogP contribution in [0.3, 0.4) is 0 Å². The molecule has 3 rings (SSSR count). The van der Waals surface area contributed by atoms with E-state index < -0.39 is 5.63 Å². The molecule has 0 aliphatic rings. The molecule has 3 aromatic rings. The molecule has 134 valence electrons. The van der Waals surface area contributed by atoms with Gasteiger partial charge < -0.3 is 14.5 Å². The molecule has 1 heterocycles. The van der Waals surface area contributed by atoms with Gasteiger partial charge in [0.15, 0.2) is 6.61 Å². The highest BCUT2D eigenvalue weighted by molar-refractivity contribution is 5.79. The molecule has 1 unspecified atom stereocenters. The second-order valence-electron chi connectivity index (χ2n) is 6.06. The lowest BCUT2D eigenvalue weighted by molar-refractivity contribution is -0.123. The molecule has 1 aromatic heterocycles. The van der Waals surface area contributed by atoms with Gasteiger partial charge in [0.2, 0.25) is 0 Å². The average Bonchev–Trinajstić information content (AvgIpc) is 2.67. The standard InChI is InChI=1S/C21H21NO4/c1-2-15(16-6-4-3-5-7-16)13-22-20(23)14-25-18-10-8-17-9-11-21(24)26-19(17)12-18/h3-12,15H,2,13-14H2,1H3,(H,22,23). The van der Waals surface area contributed by atoms with Gasteiger partial charge in [-0.15, -0.1) is 0 Å². The first-order chi connectivity index (χ1) is 12.7. The van der Waals surface area contributed by atoms with Gasteiger partial charge in [-0.25, -0.2) is 4.79 Å². The Kier molecular flexibility index (Phi) is 5.69. The first kappa shape index (κ1) is 17.7. The van der Waals surface area contributed by atoms with Crippen LogP contribution in [0, 0.1) is 0 Å². The number of fused-ring (bicyclic) bond motifs is 1. The van der Waals surface area contributed by atoms with Crippen molar-refractivity contribution in [3.63, 3.8) is 0 Å². The molecular weight excluding hydrogens is 330 g/mol. The highest BCUT2D eigenvalue weighted by Gasteiger charge is 2.11. The maximum absolute atomic E-state index is 12.1. The minimum absolute atomic E-state index is 0.0895. The summed E-state index contributed by atoms with van der Waals surface area (Å²) in [6, 6.07) is 18.3. The summed E-state index contributed by atoms with van der Waals surface area (Å²) in [4.78, 5) is 23.4. The first-order valence-corrected chi connectivity index (χ1v) is 8.64. The van der Waals surface area contributed by atoms with Gasteiger partial charge >= 0.3 is 5.63 Å². The number of hydrogen-bond acceptors (Lipinski definition) is 4. The van der Waals surface area contributed by atoms with E-state index in [4.69, 9.17) is 9.15 Å². The number of hydrogen-bond donors (Lipinski definition) is 1. The quantitative estimate of drug-likeness (QED) is 0.662. The Bertz CT molecular complexity index is 933. The van der Waals surface area contributed by atoms with Crippen LogP contribution in [-0.2, 0) is 4.79 Å². The van der Waals surface area contributed by atoms with Crippen molar-refractivity contribution < 1.29 is 13.9 Å². The van der Waals surface area contributed by atoms with E-state index in [0.29, 0.717) is 17.9 Å². The Balaban J connectivity index is 1.54. The molecule has 0 fully saturated rings. The zero-order chi connectivity index (χ0) is 18.4. The average molecular weight is 351 g/mol. The third-order valence-corrected chi connectivity index (χ3v) is 4.27. The number of benzene rings is 2. The molecule has 5 heteroatoms. The molecule has 0 aliphatic heterocycles. The Hall–Kier alpha value is -3.08. The molecular formula is C21H21NO4. The smallest absolute Gasteiger partial charge is 0.336 e. The summed E-state index contributed by atoms with van der Waals surface area (Å²) in [6.07, 6.45) is 0.939. The van der Waals surface area contributed by atoms with Crippen LogP contribution in [0.15, 0.2) is 69.9 Å². The van der Waals surface area contributed by atoms with Crippen molar-refractivity contribution in [3.8, 4) is 5.75 Å². The Labute approximate surface area is 151 Å². The summed E-state index contributed by atoms with van der Waals surface area (Å²) >= 11 is 0. The van der Waals surface area contributed by atoms with Crippen molar-refractivity contribution in [2.24, 2.45) is 0 Å². The molecule has 5 nitrogen and oxygen atoms in total. The van der Waals surface area contributed by atoms with Gasteiger partial charge in [-0.2, -0.15) is 0 Å². The minimum atomic E-state index is -0.418. The molecule has 0 saturated heterocycles. The van der Waals surface area contributed by atoms with E-state index in [2.05, 4.69) is 24.4 Å². The highest BCUT2D eigenvalue weighted by atomic mass is 16.5. The van der Waals surface area contributed by atoms with Crippen LogP contribution >= 0.6 is 0 Å². The van der Waals surface area contributed by atoms with Gasteiger partial charge in [0.05, 0.1) is 0 Å². The van der Waals surface area contributed by atoms with E-state index in [1.54, 1.807) is 24.3 Å². The number of carbonyl (C=O) groups is 1. The Morgan fingerprint density at radius 2 is 1.88 bits per heavy atom. The van der Waals surface area contributed by atoms with Crippen LogP contribution in [0.4, 0.5) is 0 Å². The summed E-state index contributed by atoms with van der Waals surface area (Å²) in [5.74, 6) is 0.571. The van der Waals surface area contributed by atoms with Gasteiger partial charge in [-0.1, -0.05) is 37.3 Å². The predicted octanol–water partition coefficient (Wildman–Crippen LogP) is 3.48. The summed E-state index contributed by atoms with van der Waals surface area (Å²) in [6.45, 7) is 2.58. The number of ether oxygens (including phenoxy) is 1. The molecule has 0 bridgehead atoms. The van der Waals surface area contributed by atoms with Crippen molar-refractivity contribution in [2.75, 3.05) is 13.2 Å². The van der Waals surface area contributed by atoms with E-state index in [1.165, 1.54) is 11.6 Å². The van der Waals surface area contributed by atoms with Gasteiger partial charge in [0.25, 0.3) is 5.91 Å². The molecule has 0 saturated carbocycles. The lowest BCUT2D eigenvalue weighted by Gasteiger charge is -2.16. The maximum Gasteiger partial charge on any atom is 0.336 e. The van der Waals surface area contributed by atoms with Crippen molar-refractivity contribution in [1.82, 2.24) is 5.32 Å². The van der Waals surface area contributed by atoms with Crippen molar-refractivity contribution in [1.29, 1.82) is 0 Å². The second-order valence-corrected chi connectivity index (χ2v) is 6.06. The van der Waals surface area contributed by atoms with Crippen LogP contribution < -0.4 is 15.7 Å². The predicted molar refractivity (Wildman–Crippen MR) is 100 cm³/mol. The SMILES string of the molecule is CCC(CNC(=O)COc1ccc2ccc(=O)oc2c1)c1ccccc1. The van der Waals surface area contributed by atoms with Crippen LogP contribution in [0.5, 0.6) is 5.75 Å². The molecule has 26 heavy (non-hydrogen) atoms. The van der Waals surface area contributed by atoms with Gasteiger partial charge in [-0.05, 0) is 30.2 Å². The number of carbonyl (C=O) groups excluding carboxylic acids is 1. The third kappa shape index (κ3) is 4.51. The highest BCUT2D eigenvalue weighted by Crippen LogP contribution is 2.20. The fourth-order valence-corrected chi connectivity index (χ4v) is 2.79. The second kappa shape index (κ2) is 8.34. The molecule has 1 atom stereocenters. The number of amides is 1. The number of rotatable bonds is 7. The van der Waals surface area contributed by atoms with Crippen LogP contribution in [0.1, 0.15) is 24.8 Å². The summed E-state index contributed by atoms with van der Waals surface area (Å²) in [5, 5.41) is 3.71. The Morgan fingerprint density at radius 1 is 1.12 bits per heavy atom. The normalized spacial score (nSPS) is 11.9. The van der Waals surface area contributed by atoms with E-state index in [1.807, 2.05) is 18.2 Å². The van der Waals surface area contributed by atoms with Crippen LogP contribution in [-0.4, -0.2) is 19.1 Å². The topological polar surface area (TPSA) is 68.5 Å². The number of nitrogens with one attached hydrogen (secondary N) is 1. The maximum atomic E-state index is 12.1. The molecule has 0 spiro atoms. The first-order valence-electron chi connectivity index (χ1n) is 8.64. The van der Waals surface area contributed by atoms with Crippen LogP contribution in [0.25, 0.3) is 11.0 Å². The molecule has 1 N–H and O–H groups in total. The Morgan fingerprint density at radius 3 is 2.65 bits per heavy atom. The van der Waals surface area contributed by atoms with E-state index in [0.717, 1.165) is 11.8 Å². The van der Waals surface area contributed by atoms with Crippen molar-refractivity contribution in [3.05, 3.63) is 76.6 Å². The van der Waals surface area contributed by atoms with E-state index >= 15 is 0 Å². The van der Waals surface area contributed by atoms with Crippen LogP contribution in [0.2, 0.25) is 0 Å². The summed E-state index contributed by atoms with van der Waals surface area (Å²) in [7, 11) is 0. The lowest BCUT2D eigenvalue weighted by Crippen LogP contribution is -2.32. The molecule has 0 radical (unpaired) electrons. The minimum Gasteiger partial charge on any atom is -0.484 e. The fraction of sp³-hybridized carbons (Fsp3) is 0.238.